The first-order valence-corrected chi connectivity index (χ1v) is 2.69. The molecule has 0 aliphatic carbocycles. The van der Waals surface area contributed by atoms with Gasteiger partial charge in [0.1, 0.15) is 0 Å². The van der Waals surface area contributed by atoms with Crippen LogP contribution in [-0.4, -0.2) is 17.8 Å². The molecule has 0 aliphatic heterocycles. The van der Waals surface area contributed by atoms with Crippen LogP contribution in [0.15, 0.2) is 0 Å². The van der Waals surface area contributed by atoms with Crippen LogP contribution < -0.4 is 0 Å². The van der Waals surface area contributed by atoms with Crippen LogP contribution in [0.4, 0.5) is 30.7 Å². The predicted octanol–water partition coefficient (Wildman–Crippen LogP) is 2.65. The topological polar surface area (TPSA) is 0 Å². The van der Waals surface area contributed by atoms with E-state index < -0.39 is 17.8 Å². The van der Waals surface area contributed by atoms with Crippen LogP contribution in [0.3, 0.4) is 0 Å². The largest absolute Gasteiger partial charge is 0.435 e. The zero-order valence-corrected chi connectivity index (χ0v) is 5.88. The Bertz CT molecular complexity index is 125. The number of halogens is 7. The van der Waals surface area contributed by atoms with E-state index in [-0.39, 0.29) is 9.24 Å². The highest BCUT2D eigenvalue weighted by molar-refractivity contribution is 7.18. The van der Waals surface area contributed by atoms with Crippen LogP contribution >= 0.6 is 9.24 Å². The highest BCUT2D eigenvalue weighted by Crippen LogP contribution is 2.50. The Morgan fingerprint density at radius 3 is 0.818 bits per heavy atom. The van der Waals surface area contributed by atoms with Gasteiger partial charge in [-0.25, -0.2) is 4.39 Å². The summed E-state index contributed by atoms with van der Waals surface area (Å²) in [5.41, 5.74) is 0. The first-order chi connectivity index (χ1) is 4.50. The van der Waals surface area contributed by atoms with Gasteiger partial charge in [0.25, 0.3) is 0 Å². The Kier molecular flexibility index (Phi) is 2.45. The van der Waals surface area contributed by atoms with Crippen molar-refractivity contribution >= 4 is 9.24 Å². The van der Waals surface area contributed by atoms with E-state index in [2.05, 4.69) is 0 Å². The molecule has 0 heterocycles. The van der Waals surface area contributed by atoms with E-state index in [4.69, 9.17) is 0 Å². The summed E-state index contributed by atoms with van der Waals surface area (Å²) >= 11 is 0. The van der Waals surface area contributed by atoms with Crippen LogP contribution in [0.2, 0.25) is 0 Å². The van der Waals surface area contributed by atoms with Crippen molar-refractivity contribution in [2.45, 2.75) is 17.8 Å². The van der Waals surface area contributed by atoms with Crippen molar-refractivity contribution in [1.82, 2.24) is 0 Å². The van der Waals surface area contributed by atoms with Crippen LogP contribution in [0.25, 0.3) is 0 Å². The van der Waals surface area contributed by atoms with Crippen molar-refractivity contribution in [2.75, 3.05) is 0 Å². The van der Waals surface area contributed by atoms with Gasteiger partial charge in [0, 0.05) is 0 Å². The average molecular weight is 202 g/mol. The fraction of sp³-hybridized carbons (Fsp3) is 1.00. The zero-order valence-electron chi connectivity index (χ0n) is 4.72. The average Bonchev–Trinajstić information content (AvgIpc) is 1.58. The Labute approximate surface area is 59.0 Å². The molecule has 0 amide bonds. The van der Waals surface area contributed by atoms with Crippen molar-refractivity contribution in [2.24, 2.45) is 0 Å². The Morgan fingerprint density at radius 1 is 0.636 bits per heavy atom. The summed E-state index contributed by atoms with van der Waals surface area (Å²) in [7, 11) is 0.0903. The molecule has 0 nitrogen and oxygen atoms in total. The van der Waals surface area contributed by atoms with E-state index in [1.165, 1.54) is 0 Å². The third-order valence-corrected chi connectivity index (χ3v) is 1.48. The van der Waals surface area contributed by atoms with Gasteiger partial charge in [-0.05, 0) is 0 Å². The summed E-state index contributed by atoms with van der Waals surface area (Å²) in [5, 5.41) is -5.21. The molecule has 0 aliphatic rings. The molecule has 0 aromatic rings. The monoisotopic (exact) mass is 202 g/mol. The van der Waals surface area contributed by atoms with Gasteiger partial charge in [-0.2, -0.15) is 26.3 Å². The quantitative estimate of drug-likeness (QED) is 0.418. The maximum absolute atomic E-state index is 11.8. The number of hydrogen-bond acceptors (Lipinski definition) is 0. The van der Waals surface area contributed by atoms with Crippen LogP contribution in [0, 0.1) is 0 Å². The summed E-state index contributed by atoms with van der Waals surface area (Å²) in [4.78, 5) is 0. The van der Waals surface area contributed by atoms with Gasteiger partial charge >= 0.3 is 17.8 Å². The zero-order chi connectivity index (χ0) is 9.50. The lowest BCUT2D eigenvalue weighted by atomic mass is 10.3. The third-order valence-electron chi connectivity index (χ3n) is 0.825. The molecule has 0 bridgehead atoms. The number of hydrogen-bond donors (Lipinski definition) is 0. The molecular weight excluding hydrogens is 200 g/mol. The summed E-state index contributed by atoms with van der Waals surface area (Å²) in [6.07, 6.45) is -11.9. The molecule has 1 atom stereocenters. The summed E-state index contributed by atoms with van der Waals surface area (Å²) in [6, 6.07) is 0. The number of alkyl halides is 7. The van der Waals surface area contributed by atoms with Gasteiger partial charge in [-0.3, -0.25) is 0 Å². The second-order valence-corrected chi connectivity index (χ2v) is 2.50. The lowest BCUT2D eigenvalue weighted by molar-refractivity contribution is -0.303. The molecule has 0 fully saturated rings. The van der Waals surface area contributed by atoms with E-state index in [0.29, 0.717) is 0 Å². The molecule has 0 spiro atoms. The molecule has 0 radical (unpaired) electrons. The summed E-state index contributed by atoms with van der Waals surface area (Å²) in [6.45, 7) is 0. The first kappa shape index (κ1) is 10.9. The maximum Gasteiger partial charge on any atom is 0.435 e. The van der Waals surface area contributed by atoms with Crippen LogP contribution in [0.1, 0.15) is 0 Å². The Morgan fingerprint density at radius 2 is 0.818 bits per heavy atom. The van der Waals surface area contributed by atoms with Crippen molar-refractivity contribution in [1.29, 1.82) is 0 Å². The second kappa shape index (κ2) is 2.47. The minimum absolute atomic E-state index is 0.0903. The highest BCUT2D eigenvalue weighted by Gasteiger charge is 2.69. The number of rotatable bonds is 0. The van der Waals surface area contributed by atoms with E-state index in [9.17, 15) is 30.7 Å². The lowest BCUT2D eigenvalue weighted by Crippen LogP contribution is -2.47. The fourth-order valence-corrected chi connectivity index (χ4v) is 0.161. The van der Waals surface area contributed by atoms with Crippen molar-refractivity contribution in [3.63, 3.8) is 0 Å². The molecule has 1 unspecified atom stereocenters. The minimum atomic E-state index is -5.95. The molecule has 0 saturated carbocycles. The van der Waals surface area contributed by atoms with Gasteiger partial charge in [0.2, 0.25) is 0 Å². The summed E-state index contributed by atoms with van der Waals surface area (Å²) in [5.74, 6) is 0. The van der Waals surface area contributed by atoms with Gasteiger partial charge in [-0.1, -0.05) is 9.24 Å². The maximum atomic E-state index is 11.8. The Balaban J connectivity index is 4.75. The standard InChI is InChI=1S/C3H2F7P/c4-1(11,2(5,6)7)3(8,9)10/h11H2. The van der Waals surface area contributed by atoms with E-state index >= 15 is 0 Å². The van der Waals surface area contributed by atoms with E-state index in [0.717, 1.165) is 0 Å². The summed E-state index contributed by atoms with van der Waals surface area (Å²) < 4.78 is 79.1. The fourth-order valence-electron chi connectivity index (χ4n) is 0.161. The molecule has 68 valence electrons. The molecule has 8 heteroatoms. The van der Waals surface area contributed by atoms with E-state index in [1.807, 2.05) is 0 Å². The predicted molar refractivity (Wildman–Crippen MR) is 25.7 cm³/mol. The second-order valence-electron chi connectivity index (χ2n) is 1.71. The minimum Gasteiger partial charge on any atom is -0.219 e. The third kappa shape index (κ3) is 1.95. The molecular formula is C3H2F7P. The first-order valence-electron chi connectivity index (χ1n) is 2.11. The van der Waals surface area contributed by atoms with Gasteiger partial charge in [0.05, 0.1) is 0 Å². The SMILES string of the molecule is FC(F)(F)C(F)(P)C(F)(F)F. The van der Waals surface area contributed by atoms with Crippen molar-refractivity contribution < 1.29 is 30.7 Å². The van der Waals surface area contributed by atoms with Crippen molar-refractivity contribution in [3.05, 3.63) is 0 Å². The van der Waals surface area contributed by atoms with Gasteiger partial charge in [0.15, 0.2) is 0 Å². The molecule has 0 N–H and O–H groups in total. The normalized spacial score (nSPS) is 15.3. The molecule has 0 rings (SSSR count). The molecule has 11 heavy (non-hydrogen) atoms. The highest BCUT2D eigenvalue weighted by atomic mass is 31.0. The van der Waals surface area contributed by atoms with Crippen LogP contribution in [0.5, 0.6) is 0 Å². The Hall–Kier alpha value is -0.0600. The molecule has 0 aromatic heterocycles. The van der Waals surface area contributed by atoms with Crippen molar-refractivity contribution in [3.8, 4) is 0 Å². The molecule has 0 aromatic carbocycles. The smallest absolute Gasteiger partial charge is 0.219 e. The lowest BCUT2D eigenvalue weighted by Gasteiger charge is -2.25. The van der Waals surface area contributed by atoms with Gasteiger partial charge in [-0.15, -0.1) is 0 Å². The van der Waals surface area contributed by atoms with E-state index in [1.54, 1.807) is 0 Å². The molecule has 0 saturated heterocycles. The van der Waals surface area contributed by atoms with Gasteiger partial charge < -0.3 is 0 Å². The van der Waals surface area contributed by atoms with Crippen LogP contribution in [-0.2, 0) is 0 Å².